The molecule has 0 bridgehead atoms. The molecule has 0 spiro atoms. The Labute approximate surface area is 174 Å². The molecule has 2 N–H and O–H groups in total. The molecule has 1 fully saturated rings. The first kappa shape index (κ1) is 21.9. The molecule has 7 nitrogen and oxygen atoms in total. The topological polar surface area (TPSA) is 98.7 Å². The van der Waals surface area contributed by atoms with Crippen molar-refractivity contribution in [3.63, 3.8) is 0 Å². The van der Waals surface area contributed by atoms with Gasteiger partial charge in [0.2, 0.25) is 5.75 Å². The maximum Gasteiger partial charge on any atom is 0.313 e. The predicted molar refractivity (Wildman–Crippen MR) is 110 cm³/mol. The molecule has 1 heterocycles. The SMILES string of the molecule is CC1(CN)CCN(C(=O)c2ccc(Oc3ccc(Cl)cc3[N+](=O)[O-])cc2)C1.Cl. The lowest BCUT2D eigenvalue weighted by Crippen LogP contribution is -2.34. The van der Waals surface area contributed by atoms with Crippen molar-refractivity contribution in [1.29, 1.82) is 0 Å². The van der Waals surface area contributed by atoms with E-state index in [-0.39, 0.29) is 40.2 Å². The van der Waals surface area contributed by atoms with Crippen molar-refractivity contribution in [2.75, 3.05) is 19.6 Å². The Morgan fingerprint density at radius 3 is 2.57 bits per heavy atom. The van der Waals surface area contributed by atoms with Crippen LogP contribution in [0, 0.1) is 15.5 Å². The summed E-state index contributed by atoms with van der Waals surface area (Å²) in [6.45, 7) is 3.94. The van der Waals surface area contributed by atoms with Gasteiger partial charge in [0.1, 0.15) is 5.75 Å². The summed E-state index contributed by atoms with van der Waals surface area (Å²) in [5.74, 6) is 0.420. The summed E-state index contributed by atoms with van der Waals surface area (Å²) >= 11 is 5.80. The number of nitro benzene ring substituents is 1. The fourth-order valence-corrected chi connectivity index (χ4v) is 3.22. The summed E-state index contributed by atoms with van der Waals surface area (Å²) < 4.78 is 5.59. The molecule has 1 saturated heterocycles. The van der Waals surface area contributed by atoms with Gasteiger partial charge in [-0.3, -0.25) is 14.9 Å². The van der Waals surface area contributed by atoms with Gasteiger partial charge in [-0.15, -0.1) is 12.4 Å². The van der Waals surface area contributed by atoms with E-state index in [1.165, 1.54) is 18.2 Å². The number of amides is 1. The van der Waals surface area contributed by atoms with Gasteiger partial charge in [0.15, 0.2) is 0 Å². The molecule has 0 aliphatic carbocycles. The van der Waals surface area contributed by atoms with Crippen molar-refractivity contribution in [2.24, 2.45) is 11.1 Å². The third-order valence-electron chi connectivity index (χ3n) is 4.78. The monoisotopic (exact) mass is 425 g/mol. The van der Waals surface area contributed by atoms with Gasteiger partial charge in [0.05, 0.1) is 4.92 Å². The van der Waals surface area contributed by atoms with Crippen LogP contribution in [-0.2, 0) is 0 Å². The lowest BCUT2D eigenvalue weighted by molar-refractivity contribution is -0.385. The Kier molecular flexibility index (Phi) is 6.87. The molecule has 1 atom stereocenters. The van der Waals surface area contributed by atoms with Crippen LogP contribution in [0.4, 0.5) is 5.69 Å². The van der Waals surface area contributed by atoms with E-state index in [9.17, 15) is 14.9 Å². The number of ether oxygens (including phenoxy) is 1. The second-order valence-electron chi connectivity index (χ2n) is 6.99. The van der Waals surface area contributed by atoms with E-state index in [0.717, 1.165) is 6.42 Å². The van der Waals surface area contributed by atoms with E-state index >= 15 is 0 Å². The maximum atomic E-state index is 12.6. The first-order valence-corrected chi connectivity index (χ1v) is 8.90. The van der Waals surface area contributed by atoms with Crippen molar-refractivity contribution < 1.29 is 14.5 Å². The molecule has 1 aliphatic rings. The number of nitro groups is 1. The molecule has 1 amide bonds. The normalized spacial score (nSPS) is 18.5. The van der Waals surface area contributed by atoms with Gasteiger partial charge in [-0.05, 0) is 54.8 Å². The Morgan fingerprint density at radius 2 is 2.00 bits per heavy atom. The molecule has 0 radical (unpaired) electrons. The van der Waals surface area contributed by atoms with E-state index in [1.54, 1.807) is 29.2 Å². The van der Waals surface area contributed by atoms with Crippen LogP contribution < -0.4 is 10.5 Å². The van der Waals surface area contributed by atoms with E-state index in [1.807, 2.05) is 0 Å². The van der Waals surface area contributed by atoms with Crippen LogP contribution in [0.3, 0.4) is 0 Å². The van der Waals surface area contributed by atoms with Crippen molar-refractivity contribution in [2.45, 2.75) is 13.3 Å². The highest BCUT2D eigenvalue weighted by Gasteiger charge is 2.35. The van der Waals surface area contributed by atoms with Crippen molar-refractivity contribution in [3.8, 4) is 11.5 Å². The van der Waals surface area contributed by atoms with Crippen LogP contribution in [-0.4, -0.2) is 35.4 Å². The third kappa shape index (κ3) is 4.73. The summed E-state index contributed by atoms with van der Waals surface area (Å²) in [6.07, 6.45) is 0.886. The minimum Gasteiger partial charge on any atom is -0.450 e. The standard InChI is InChI=1S/C19H20ClN3O4.ClH/c1-19(11-21)8-9-22(12-19)18(24)13-2-5-15(6-3-13)27-17-7-4-14(20)10-16(17)23(25)26;/h2-7,10H,8-9,11-12,21H2,1H3;1H. The van der Waals surface area contributed by atoms with Crippen molar-refractivity contribution in [1.82, 2.24) is 4.90 Å². The molecular formula is C19H21Cl2N3O4. The number of carbonyl (C=O) groups is 1. The number of nitrogens with zero attached hydrogens (tertiary/aromatic N) is 2. The molecule has 9 heteroatoms. The zero-order chi connectivity index (χ0) is 19.6. The summed E-state index contributed by atoms with van der Waals surface area (Å²) in [6, 6.07) is 10.7. The molecule has 150 valence electrons. The first-order chi connectivity index (χ1) is 12.8. The number of hydrogen-bond acceptors (Lipinski definition) is 5. The fourth-order valence-electron chi connectivity index (χ4n) is 3.06. The van der Waals surface area contributed by atoms with Gasteiger partial charge in [-0.2, -0.15) is 0 Å². The lowest BCUT2D eigenvalue weighted by atomic mass is 9.90. The van der Waals surface area contributed by atoms with Gasteiger partial charge in [0.25, 0.3) is 5.91 Å². The number of carbonyl (C=O) groups excluding carboxylic acids is 1. The minimum atomic E-state index is -0.555. The highest BCUT2D eigenvalue weighted by molar-refractivity contribution is 6.30. The number of halogens is 2. The Bertz CT molecular complexity index is 876. The number of nitrogens with two attached hydrogens (primary N) is 1. The molecule has 28 heavy (non-hydrogen) atoms. The average molecular weight is 426 g/mol. The molecule has 0 saturated carbocycles. The van der Waals surface area contributed by atoms with Gasteiger partial charge in [0, 0.05) is 29.7 Å². The fraction of sp³-hybridized carbons (Fsp3) is 0.316. The summed E-state index contributed by atoms with van der Waals surface area (Å²) in [4.78, 5) is 25.0. The quantitative estimate of drug-likeness (QED) is 0.569. The van der Waals surface area contributed by atoms with Gasteiger partial charge >= 0.3 is 5.69 Å². The molecule has 1 aliphatic heterocycles. The zero-order valence-electron chi connectivity index (χ0n) is 15.3. The van der Waals surface area contributed by atoms with E-state index in [4.69, 9.17) is 22.1 Å². The van der Waals surface area contributed by atoms with Crippen LogP contribution in [0.25, 0.3) is 0 Å². The Morgan fingerprint density at radius 1 is 1.32 bits per heavy atom. The Balaban J connectivity index is 0.00000280. The van der Waals surface area contributed by atoms with E-state index < -0.39 is 4.92 Å². The highest BCUT2D eigenvalue weighted by atomic mass is 35.5. The van der Waals surface area contributed by atoms with Gasteiger partial charge in [-0.25, -0.2) is 0 Å². The van der Waals surface area contributed by atoms with Crippen LogP contribution in [0.15, 0.2) is 42.5 Å². The predicted octanol–water partition coefficient (Wildman–Crippen LogP) is 4.27. The smallest absolute Gasteiger partial charge is 0.313 e. The molecule has 0 aromatic heterocycles. The van der Waals surface area contributed by atoms with E-state index in [0.29, 0.717) is 30.9 Å². The van der Waals surface area contributed by atoms with Crippen LogP contribution in [0.2, 0.25) is 5.02 Å². The molecule has 2 aromatic carbocycles. The summed E-state index contributed by atoms with van der Waals surface area (Å²) in [5, 5.41) is 11.4. The summed E-state index contributed by atoms with van der Waals surface area (Å²) in [7, 11) is 0. The Hall–Kier alpha value is -2.35. The van der Waals surface area contributed by atoms with Gasteiger partial charge in [-0.1, -0.05) is 18.5 Å². The summed E-state index contributed by atoms with van der Waals surface area (Å²) in [5.41, 5.74) is 6.07. The van der Waals surface area contributed by atoms with Crippen molar-refractivity contribution >= 4 is 35.6 Å². The number of rotatable bonds is 5. The first-order valence-electron chi connectivity index (χ1n) is 8.52. The third-order valence-corrected chi connectivity index (χ3v) is 5.02. The van der Waals surface area contributed by atoms with E-state index in [2.05, 4.69) is 6.92 Å². The molecule has 3 rings (SSSR count). The van der Waals surface area contributed by atoms with Crippen LogP contribution in [0.1, 0.15) is 23.7 Å². The van der Waals surface area contributed by atoms with Crippen molar-refractivity contribution in [3.05, 3.63) is 63.2 Å². The van der Waals surface area contributed by atoms with Crippen LogP contribution in [0.5, 0.6) is 11.5 Å². The lowest BCUT2D eigenvalue weighted by Gasteiger charge is -2.22. The van der Waals surface area contributed by atoms with Gasteiger partial charge < -0.3 is 15.4 Å². The highest BCUT2D eigenvalue weighted by Crippen LogP contribution is 2.34. The molecular weight excluding hydrogens is 405 g/mol. The zero-order valence-corrected chi connectivity index (χ0v) is 16.8. The maximum absolute atomic E-state index is 12.6. The number of benzene rings is 2. The second-order valence-corrected chi connectivity index (χ2v) is 7.42. The minimum absolute atomic E-state index is 0. The molecule has 2 aromatic rings. The number of hydrogen-bond donors (Lipinski definition) is 1. The second kappa shape index (κ2) is 8.77. The van der Waals surface area contributed by atoms with Crippen LogP contribution >= 0.6 is 24.0 Å². The largest absolute Gasteiger partial charge is 0.450 e. The average Bonchev–Trinajstić information content (AvgIpc) is 3.06. The molecule has 1 unspecified atom stereocenters. The number of likely N-dealkylation sites (tertiary alicyclic amines) is 1.